The Balaban J connectivity index is 2.30. The molecule has 0 aliphatic carbocycles. The SMILES string of the molecule is CC[C@H](C)Oc1c(I)cc(/C=C(/C#N)C(=O)Nc2ccc(O)cc2)cc1OC. The minimum atomic E-state index is -0.540. The van der Waals surface area contributed by atoms with Gasteiger partial charge in [0.25, 0.3) is 5.91 Å². The molecule has 0 saturated carbocycles. The molecule has 2 rings (SSSR count). The van der Waals surface area contributed by atoms with E-state index in [1.807, 2.05) is 26.0 Å². The highest BCUT2D eigenvalue weighted by atomic mass is 127. The van der Waals surface area contributed by atoms with Crippen LogP contribution in [0.25, 0.3) is 6.08 Å². The molecule has 0 saturated heterocycles. The van der Waals surface area contributed by atoms with E-state index in [9.17, 15) is 15.2 Å². The molecule has 0 unspecified atom stereocenters. The van der Waals surface area contributed by atoms with Gasteiger partial charge >= 0.3 is 0 Å². The number of halogens is 1. The number of amides is 1. The molecule has 7 heteroatoms. The van der Waals surface area contributed by atoms with Gasteiger partial charge in [-0.25, -0.2) is 0 Å². The molecule has 1 amide bonds. The van der Waals surface area contributed by atoms with Crippen LogP contribution in [-0.4, -0.2) is 24.2 Å². The molecule has 6 nitrogen and oxygen atoms in total. The molecule has 1 atom stereocenters. The molecule has 0 aliphatic heterocycles. The molecule has 2 aromatic rings. The van der Waals surface area contributed by atoms with E-state index in [0.717, 1.165) is 9.99 Å². The van der Waals surface area contributed by atoms with Crippen LogP contribution in [0.4, 0.5) is 5.69 Å². The van der Waals surface area contributed by atoms with Crippen LogP contribution in [0.1, 0.15) is 25.8 Å². The third-order valence-corrected chi connectivity index (χ3v) is 4.75. The van der Waals surface area contributed by atoms with Crippen molar-refractivity contribution in [3.05, 3.63) is 51.1 Å². The molecular weight excluding hydrogens is 471 g/mol. The van der Waals surface area contributed by atoms with Gasteiger partial charge in [0.2, 0.25) is 0 Å². The van der Waals surface area contributed by atoms with Crippen LogP contribution >= 0.6 is 22.6 Å². The number of nitrogens with zero attached hydrogens (tertiary/aromatic N) is 1. The number of carbonyl (C=O) groups excluding carboxylic acids is 1. The zero-order chi connectivity index (χ0) is 20.7. The van der Waals surface area contributed by atoms with Crippen molar-refractivity contribution in [1.82, 2.24) is 0 Å². The summed E-state index contributed by atoms with van der Waals surface area (Å²) in [5.41, 5.74) is 1.07. The number of hydrogen-bond acceptors (Lipinski definition) is 5. The highest BCUT2D eigenvalue weighted by Crippen LogP contribution is 2.35. The summed E-state index contributed by atoms with van der Waals surface area (Å²) >= 11 is 2.14. The van der Waals surface area contributed by atoms with E-state index in [4.69, 9.17) is 9.47 Å². The number of phenols is 1. The lowest BCUT2D eigenvalue weighted by molar-refractivity contribution is -0.112. The van der Waals surface area contributed by atoms with Gasteiger partial charge < -0.3 is 19.9 Å². The molecule has 0 aliphatic rings. The number of benzene rings is 2. The van der Waals surface area contributed by atoms with Crippen LogP contribution in [-0.2, 0) is 4.79 Å². The fourth-order valence-electron chi connectivity index (χ4n) is 2.28. The van der Waals surface area contributed by atoms with Crippen molar-refractivity contribution >= 4 is 40.3 Å². The van der Waals surface area contributed by atoms with Gasteiger partial charge in [-0.3, -0.25) is 4.79 Å². The first-order chi connectivity index (χ1) is 13.4. The summed E-state index contributed by atoms with van der Waals surface area (Å²) in [5, 5.41) is 21.3. The van der Waals surface area contributed by atoms with E-state index in [1.54, 1.807) is 25.3 Å². The van der Waals surface area contributed by atoms with Crippen molar-refractivity contribution in [2.45, 2.75) is 26.4 Å². The molecule has 0 spiro atoms. The first kappa shape index (κ1) is 21.6. The van der Waals surface area contributed by atoms with Crippen LogP contribution in [0.2, 0.25) is 0 Å². The van der Waals surface area contributed by atoms with E-state index in [1.165, 1.54) is 18.2 Å². The van der Waals surface area contributed by atoms with E-state index >= 15 is 0 Å². The number of rotatable bonds is 7. The van der Waals surface area contributed by atoms with Crippen LogP contribution in [0.3, 0.4) is 0 Å². The molecule has 28 heavy (non-hydrogen) atoms. The quantitative estimate of drug-likeness (QED) is 0.253. The predicted octanol–water partition coefficient (Wildman–Crippen LogP) is 4.73. The van der Waals surface area contributed by atoms with Crippen molar-refractivity contribution in [3.63, 3.8) is 0 Å². The summed E-state index contributed by atoms with van der Waals surface area (Å²) < 4.78 is 12.2. The number of nitrogens with one attached hydrogen (secondary N) is 1. The van der Waals surface area contributed by atoms with E-state index in [-0.39, 0.29) is 17.4 Å². The zero-order valence-electron chi connectivity index (χ0n) is 15.8. The Morgan fingerprint density at radius 3 is 2.61 bits per heavy atom. The molecule has 2 N–H and O–H groups in total. The van der Waals surface area contributed by atoms with Crippen molar-refractivity contribution in [3.8, 4) is 23.3 Å². The molecule has 2 aromatic carbocycles. The van der Waals surface area contributed by atoms with E-state index in [0.29, 0.717) is 22.7 Å². The Kier molecular flexibility index (Phi) is 7.70. The number of carbonyl (C=O) groups is 1. The third kappa shape index (κ3) is 5.63. The first-order valence-electron chi connectivity index (χ1n) is 8.64. The number of methoxy groups -OCH3 is 1. The summed E-state index contributed by atoms with van der Waals surface area (Å²) in [4.78, 5) is 12.4. The van der Waals surface area contributed by atoms with Crippen molar-refractivity contribution < 1.29 is 19.4 Å². The lowest BCUT2D eigenvalue weighted by Crippen LogP contribution is -2.13. The van der Waals surface area contributed by atoms with Gasteiger partial charge in [-0.1, -0.05) is 6.92 Å². The molecule has 0 radical (unpaired) electrons. The lowest BCUT2D eigenvalue weighted by atomic mass is 10.1. The largest absolute Gasteiger partial charge is 0.508 e. The Bertz CT molecular complexity index is 917. The fraction of sp³-hybridized carbons (Fsp3) is 0.238. The minimum Gasteiger partial charge on any atom is -0.508 e. The summed E-state index contributed by atoms with van der Waals surface area (Å²) in [6.07, 6.45) is 2.39. The smallest absolute Gasteiger partial charge is 0.266 e. The van der Waals surface area contributed by atoms with Crippen LogP contribution in [0.5, 0.6) is 17.2 Å². The second-order valence-electron chi connectivity index (χ2n) is 6.04. The number of phenolic OH excluding ortho intramolecular Hbond substituents is 1. The molecule has 0 fully saturated rings. The van der Waals surface area contributed by atoms with Crippen LogP contribution in [0, 0.1) is 14.9 Å². The van der Waals surface area contributed by atoms with Gasteiger partial charge in [0.1, 0.15) is 17.4 Å². The average molecular weight is 492 g/mol. The lowest BCUT2D eigenvalue weighted by Gasteiger charge is -2.17. The van der Waals surface area contributed by atoms with Crippen molar-refractivity contribution in [2.24, 2.45) is 0 Å². The molecule has 0 bridgehead atoms. The maximum absolute atomic E-state index is 12.4. The first-order valence-corrected chi connectivity index (χ1v) is 9.72. The number of hydrogen-bond donors (Lipinski definition) is 2. The van der Waals surface area contributed by atoms with Gasteiger partial charge in [0.05, 0.1) is 16.8 Å². The fourth-order valence-corrected chi connectivity index (χ4v) is 3.03. The number of nitriles is 1. The molecule has 0 heterocycles. The number of ether oxygens (including phenoxy) is 2. The summed E-state index contributed by atoms with van der Waals surface area (Å²) in [6, 6.07) is 11.5. The second-order valence-corrected chi connectivity index (χ2v) is 7.20. The summed E-state index contributed by atoms with van der Waals surface area (Å²) in [7, 11) is 1.55. The summed E-state index contributed by atoms with van der Waals surface area (Å²) in [6.45, 7) is 4.01. The van der Waals surface area contributed by atoms with Crippen molar-refractivity contribution in [2.75, 3.05) is 12.4 Å². The highest BCUT2D eigenvalue weighted by molar-refractivity contribution is 14.1. The highest BCUT2D eigenvalue weighted by Gasteiger charge is 2.15. The molecule has 146 valence electrons. The van der Waals surface area contributed by atoms with Crippen LogP contribution in [0.15, 0.2) is 42.0 Å². The Hall–Kier alpha value is -2.73. The average Bonchev–Trinajstić information content (AvgIpc) is 2.69. The Morgan fingerprint density at radius 1 is 1.36 bits per heavy atom. The molecular formula is C21H21IN2O4. The minimum absolute atomic E-state index is 0.0366. The normalized spacial score (nSPS) is 12.0. The maximum atomic E-state index is 12.4. The Morgan fingerprint density at radius 2 is 2.04 bits per heavy atom. The standard InChI is InChI=1S/C21H21IN2O4/c1-4-13(2)28-20-18(22)10-14(11-19(20)27-3)9-15(12-23)21(26)24-16-5-7-17(25)8-6-16/h5-11,13,25H,4H2,1-3H3,(H,24,26)/b15-9-/t13-/m0/s1. The number of anilines is 1. The monoisotopic (exact) mass is 492 g/mol. The second kappa shape index (κ2) is 9.99. The van der Waals surface area contributed by atoms with Gasteiger partial charge in [-0.2, -0.15) is 5.26 Å². The topological polar surface area (TPSA) is 91.6 Å². The van der Waals surface area contributed by atoms with E-state index < -0.39 is 5.91 Å². The number of aromatic hydroxyl groups is 1. The zero-order valence-corrected chi connectivity index (χ0v) is 18.0. The van der Waals surface area contributed by atoms with Gasteiger partial charge in [-0.05, 0) is 84.0 Å². The summed E-state index contributed by atoms with van der Waals surface area (Å²) in [5.74, 6) is 0.730. The van der Waals surface area contributed by atoms with Gasteiger partial charge in [0, 0.05) is 5.69 Å². The van der Waals surface area contributed by atoms with Crippen LogP contribution < -0.4 is 14.8 Å². The third-order valence-electron chi connectivity index (χ3n) is 3.95. The van der Waals surface area contributed by atoms with Gasteiger partial charge in [-0.15, -0.1) is 0 Å². The Labute approximate surface area is 177 Å². The predicted molar refractivity (Wildman–Crippen MR) is 116 cm³/mol. The van der Waals surface area contributed by atoms with E-state index in [2.05, 4.69) is 27.9 Å². The maximum Gasteiger partial charge on any atom is 0.266 e. The van der Waals surface area contributed by atoms with Crippen molar-refractivity contribution in [1.29, 1.82) is 5.26 Å². The molecule has 0 aromatic heterocycles. The van der Waals surface area contributed by atoms with Gasteiger partial charge in [0.15, 0.2) is 11.5 Å².